The van der Waals surface area contributed by atoms with Gasteiger partial charge in [-0.2, -0.15) is 0 Å². The van der Waals surface area contributed by atoms with Crippen LogP contribution in [0.5, 0.6) is 0 Å². The summed E-state index contributed by atoms with van der Waals surface area (Å²) in [6.45, 7) is 3.80. The largest absolute Gasteiger partial charge is 0.481 e. The van der Waals surface area contributed by atoms with Crippen LogP contribution in [0.4, 0.5) is 4.79 Å². The standard InChI is InChI=1S/C14H22N2O4/c1-14(12(17)18)5-6-15(9-14)13(19)16-7-8-20-11-4-2-3-10(11)16/h10-11H,2-9H2,1H3,(H,17,18). The maximum absolute atomic E-state index is 12.7. The Hall–Kier alpha value is -1.30. The fourth-order valence-corrected chi connectivity index (χ4v) is 3.64. The van der Waals surface area contributed by atoms with E-state index in [2.05, 4.69) is 0 Å². The number of ether oxygens (including phenoxy) is 1. The molecule has 0 bridgehead atoms. The smallest absolute Gasteiger partial charge is 0.320 e. The van der Waals surface area contributed by atoms with Crippen molar-refractivity contribution in [3.8, 4) is 0 Å². The summed E-state index contributed by atoms with van der Waals surface area (Å²) in [5.41, 5.74) is -0.795. The number of nitrogens with zero attached hydrogens (tertiary/aromatic N) is 2. The Balaban J connectivity index is 1.69. The number of amides is 2. The number of morpholine rings is 1. The number of carboxylic acid groups (broad SMARTS) is 1. The molecule has 3 unspecified atom stereocenters. The van der Waals surface area contributed by atoms with Crippen molar-refractivity contribution in [2.45, 2.75) is 44.8 Å². The molecule has 112 valence electrons. The van der Waals surface area contributed by atoms with Crippen LogP contribution in [0.2, 0.25) is 0 Å². The van der Waals surface area contributed by atoms with Crippen molar-refractivity contribution in [1.82, 2.24) is 9.80 Å². The van der Waals surface area contributed by atoms with Gasteiger partial charge in [-0.3, -0.25) is 4.79 Å². The lowest BCUT2D eigenvalue weighted by molar-refractivity contribution is -0.147. The molecular formula is C14H22N2O4. The van der Waals surface area contributed by atoms with E-state index in [1.54, 1.807) is 11.8 Å². The van der Waals surface area contributed by atoms with Gasteiger partial charge in [-0.05, 0) is 32.6 Å². The SMILES string of the molecule is CC1(C(=O)O)CCN(C(=O)N2CCOC3CCCC32)C1. The lowest BCUT2D eigenvalue weighted by Crippen LogP contribution is -2.55. The van der Waals surface area contributed by atoms with Gasteiger partial charge in [-0.15, -0.1) is 0 Å². The molecule has 2 aliphatic heterocycles. The van der Waals surface area contributed by atoms with Crippen LogP contribution in [0.1, 0.15) is 32.6 Å². The maximum atomic E-state index is 12.7. The Labute approximate surface area is 118 Å². The third-order valence-electron chi connectivity index (χ3n) is 4.99. The molecule has 0 aromatic heterocycles. The zero-order chi connectivity index (χ0) is 14.3. The van der Waals surface area contributed by atoms with E-state index in [-0.39, 0.29) is 18.2 Å². The molecule has 0 aromatic rings. The van der Waals surface area contributed by atoms with Crippen LogP contribution in [-0.4, -0.2) is 65.3 Å². The molecule has 3 rings (SSSR count). The van der Waals surface area contributed by atoms with Crippen molar-refractivity contribution < 1.29 is 19.4 Å². The summed E-state index contributed by atoms with van der Waals surface area (Å²) in [4.78, 5) is 27.6. The average molecular weight is 282 g/mol. The molecule has 1 N–H and O–H groups in total. The van der Waals surface area contributed by atoms with Crippen molar-refractivity contribution >= 4 is 12.0 Å². The van der Waals surface area contributed by atoms with Gasteiger partial charge in [0.2, 0.25) is 0 Å². The highest BCUT2D eigenvalue weighted by Crippen LogP contribution is 2.34. The second-order valence-electron chi connectivity index (χ2n) is 6.42. The molecule has 6 nitrogen and oxygen atoms in total. The molecule has 1 aliphatic carbocycles. The first-order valence-corrected chi connectivity index (χ1v) is 7.42. The molecule has 0 aromatic carbocycles. The van der Waals surface area contributed by atoms with E-state index < -0.39 is 11.4 Å². The van der Waals surface area contributed by atoms with Gasteiger partial charge < -0.3 is 19.6 Å². The van der Waals surface area contributed by atoms with E-state index in [1.165, 1.54) is 0 Å². The number of hydrogen-bond donors (Lipinski definition) is 1. The zero-order valence-electron chi connectivity index (χ0n) is 11.9. The van der Waals surface area contributed by atoms with Crippen LogP contribution >= 0.6 is 0 Å². The van der Waals surface area contributed by atoms with Crippen LogP contribution < -0.4 is 0 Å². The number of urea groups is 1. The molecule has 3 aliphatic rings. The number of fused-ring (bicyclic) bond motifs is 1. The molecule has 1 saturated carbocycles. The summed E-state index contributed by atoms with van der Waals surface area (Å²) in [6.07, 6.45) is 3.85. The predicted octanol–water partition coefficient (Wildman–Crippen LogP) is 1.16. The first-order chi connectivity index (χ1) is 9.51. The zero-order valence-corrected chi connectivity index (χ0v) is 11.9. The molecule has 3 fully saturated rings. The molecule has 2 saturated heterocycles. The van der Waals surface area contributed by atoms with Gasteiger partial charge in [0.25, 0.3) is 0 Å². The third-order valence-corrected chi connectivity index (χ3v) is 4.99. The lowest BCUT2D eigenvalue weighted by Gasteiger charge is -2.39. The Bertz CT molecular complexity index is 427. The molecule has 2 heterocycles. The van der Waals surface area contributed by atoms with E-state index in [9.17, 15) is 14.7 Å². The minimum Gasteiger partial charge on any atom is -0.481 e. The highest BCUT2D eigenvalue weighted by molar-refractivity contribution is 5.79. The average Bonchev–Trinajstić information content (AvgIpc) is 3.04. The molecular weight excluding hydrogens is 260 g/mol. The number of carboxylic acids is 1. The van der Waals surface area contributed by atoms with Crippen molar-refractivity contribution in [3.05, 3.63) is 0 Å². The monoisotopic (exact) mass is 282 g/mol. The number of rotatable bonds is 1. The summed E-state index contributed by atoms with van der Waals surface area (Å²) in [5, 5.41) is 9.26. The van der Waals surface area contributed by atoms with Gasteiger partial charge in [0.05, 0.1) is 24.2 Å². The number of carbonyl (C=O) groups excluding carboxylic acids is 1. The summed E-state index contributed by atoms with van der Waals surface area (Å²) in [6, 6.07) is 0.183. The van der Waals surface area contributed by atoms with Gasteiger partial charge in [0.15, 0.2) is 0 Å². The van der Waals surface area contributed by atoms with Crippen LogP contribution in [0.25, 0.3) is 0 Å². The van der Waals surface area contributed by atoms with Gasteiger partial charge >= 0.3 is 12.0 Å². The van der Waals surface area contributed by atoms with Gasteiger partial charge in [-0.25, -0.2) is 4.79 Å². The number of likely N-dealkylation sites (tertiary alicyclic amines) is 1. The molecule has 0 spiro atoms. The Morgan fingerprint density at radius 1 is 1.30 bits per heavy atom. The van der Waals surface area contributed by atoms with Crippen LogP contribution in [0, 0.1) is 5.41 Å². The van der Waals surface area contributed by atoms with E-state index in [1.807, 2.05) is 4.90 Å². The quantitative estimate of drug-likeness (QED) is 0.783. The van der Waals surface area contributed by atoms with E-state index in [0.29, 0.717) is 32.7 Å². The second kappa shape index (κ2) is 4.91. The van der Waals surface area contributed by atoms with Crippen molar-refractivity contribution in [1.29, 1.82) is 0 Å². The summed E-state index contributed by atoms with van der Waals surface area (Å²) in [5.74, 6) is -0.812. The van der Waals surface area contributed by atoms with Crippen molar-refractivity contribution in [2.75, 3.05) is 26.2 Å². The maximum Gasteiger partial charge on any atom is 0.320 e. The van der Waals surface area contributed by atoms with Crippen molar-refractivity contribution in [3.63, 3.8) is 0 Å². The van der Waals surface area contributed by atoms with E-state index >= 15 is 0 Å². The van der Waals surface area contributed by atoms with Crippen LogP contribution in [0.3, 0.4) is 0 Å². The first-order valence-electron chi connectivity index (χ1n) is 7.42. The Kier molecular flexibility index (Phi) is 3.36. The number of hydrogen-bond acceptors (Lipinski definition) is 3. The number of aliphatic carboxylic acids is 1. The van der Waals surface area contributed by atoms with E-state index in [4.69, 9.17) is 4.74 Å². The topological polar surface area (TPSA) is 70.1 Å². The Morgan fingerprint density at radius 2 is 2.10 bits per heavy atom. The van der Waals surface area contributed by atoms with Gasteiger partial charge in [0.1, 0.15) is 0 Å². The molecule has 0 radical (unpaired) electrons. The summed E-state index contributed by atoms with van der Waals surface area (Å²) in [7, 11) is 0. The normalized spacial score (nSPS) is 37.0. The highest BCUT2D eigenvalue weighted by atomic mass is 16.5. The summed E-state index contributed by atoms with van der Waals surface area (Å²) < 4.78 is 5.72. The van der Waals surface area contributed by atoms with Gasteiger partial charge in [0, 0.05) is 19.6 Å². The van der Waals surface area contributed by atoms with Crippen molar-refractivity contribution in [2.24, 2.45) is 5.41 Å². The molecule has 3 atom stereocenters. The molecule has 20 heavy (non-hydrogen) atoms. The fraction of sp³-hybridized carbons (Fsp3) is 0.857. The lowest BCUT2D eigenvalue weighted by atomic mass is 9.90. The van der Waals surface area contributed by atoms with Crippen LogP contribution in [0.15, 0.2) is 0 Å². The third kappa shape index (κ3) is 2.16. The second-order valence-corrected chi connectivity index (χ2v) is 6.42. The minimum atomic E-state index is -0.812. The molecule has 2 amide bonds. The van der Waals surface area contributed by atoms with Crippen LogP contribution in [-0.2, 0) is 9.53 Å². The predicted molar refractivity (Wildman–Crippen MR) is 71.4 cm³/mol. The first kappa shape index (κ1) is 13.7. The minimum absolute atomic E-state index is 0.00447. The molecule has 6 heteroatoms. The van der Waals surface area contributed by atoms with E-state index in [0.717, 1.165) is 19.3 Å². The highest BCUT2D eigenvalue weighted by Gasteiger charge is 2.46. The summed E-state index contributed by atoms with van der Waals surface area (Å²) >= 11 is 0. The number of carbonyl (C=O) groups is 2. The fourth-order valence-electron chi connectivity index (χ4n) is 3.64. The Morgan fingerprint density at radius 3 is 2.80 bits per heavy atom. The van der Waals surface area contributed by atoms with Gasteiger partial charge in [-0.1, -0.05) is 0 Å².